The maximum atomic E-state index is 5.51. The molecule has 1 aliphatic rings. The molecule has 9 heteroatoms. The number of imidazole rings is 1. The molecule has 1 atom stereocenters. The minimum absolute atomic E-state index is 0.280. The summed E-state index contributed by atoms with van der Waals surface area (Å²) in [7, 11) is 1.69. The van der Waals surface area contributed by atoms with Gasteiger partial charge in [-0.1, -0.05) is 18.2 Å². The summed E-state index contributed by atoms with van der Waals surface area (Å²) in [5.74, 6) is 3.99. The van der Waals surface area contributed by atoms with Crippen LogP contribution in [0.1, 0.15) is 41.1 Å². The van der Waals surface area contributed by atoms with Gasteiger partial charge in [0.1, 0.15) is 23.7 Å². The van der Waals surface area contributed by atoms with Crippen LogP contribution in [0.25, 0.3) is 0 Å². The van der Waals surface area contributed by atoms with Crippen LogP contribution in [-0.2, 0) is 32.4 Å². The van der Waals surface area contributed by atoms with Gasteiger partial charge in [0.15, 0.2) is 5.82 Å². The Hall–Kier alpha value is -3.49. The fourth-order valence-corrected chi connectivity index (χ4v) is 4.07. The second-order valence-corrected chi connectivity index (χ2v) is 7.51. The SMILES string of the molecule is COc1ccccc1Cc1nc(C2CCn3ncnc3C2)n(CCc2cnc[nH]2)n1. The molecule has 1 unspecified atom stereocenters. The molecule has 0 amide bonds. The number of rotatable bonds is 7. The molecule has 4 aromatic rings. The second-order valence-electron chi connectivity index (χ2n) is 7.51. The highest BCUT2D eigenvalue weighted by atomic mass is 16.5. The Morgan fingerprint density at radius 3 is 3.07 bits per heavy atom. The topological polar surface area (TPSA) is 99.3 Å². The third-order valence-electron chi connectivity index (χ3n) is 5.61. The van der Waals surface area contributed by atoms with Crippen LogP contribution in [0, 0.1) is 0 Å². The van der Waals surface area contributed by atoms with Crippen LogP contribution < -0.4 is 4.74 Å². The van der Waals surface area contributed by atoms with Gasteiger partial charge in [0.2, 0.25) is 0 Å². The van der Waals surface area contributed by atoms with Crippen molar-refractivity contribution in [1.29, 1.82) is 0 Å². The standard InChI is InChI=1S/C21H24N8O/c1-30-18-5-3-2-4-15(18)10-19-26-21(16-6-8-28-20(11-16)24-14-25-28)29(27-19)9-7-17-12-22-13-23-17/h2-5,12-14,16H,6-11H2,1H3,(H,22,23). The van der Waals surface area contributed by atoms with Crippen molar-refractivity contribution in [2.75, 3.05) is 7.11 Å². The van der Waals surface area contributed by atoms with E-state index in [-0.39, 0.29) is 5.92 Å². The molecule has 0 saturated heterocycles. The number of hydrogen-bond donors (Lipinski definition) is 1. The van der Waals surface area contributed by atoms with E-state index in [1.54, 1.807) is 19.8 Å². The van der Waals surface area contributed by atoms with E-state index in [9.17, 15) is 0 Å². The number of aromatic amines is 1. The van der Waals surface area contributed by atoms with Crippen LogP contribution in [0.4, 0.5) is 0 Å². The molecule has 0 radical (unpaired) electrons. The summed E-state index contributed by atoms with van der Waals surface area (Å²) >= 11 is 0. The molecule has 0 bridgehead atoms. The summed E-state index contributed by atoms with van der Waals surface area (Å²) in [5.41, 5.74) is 2.17. The number of hydrogen-bond acceptors (Lipinski definition) is 6. The highest BCUT2D eigenvalue weighted by molar-refractivity contribution is 5.35. The van der Waals surface area contributed by atoms with Gasteiger partial charge in [-0.2, -0.15) is 10.2 Å². The van der Waals surface area contributed by atoms with E-state index in [4.69, 9.17) is 14.8 Å². The van der Waals surface area contributed by atoms with Gasteiger partial charge in [-0.25, -0.2) is 19.6 Å². The fraction of sp³-hybridized carbons (Fsp3) is 0.381. The molecule has 1 N–H and O–H groups in total. The molecule has 154 valence electrons. The van der Waals surface area contributed by atoms with Gasteiger partial charge in [0, 0.05) is 55.7 Å². The molecule has 1 aromatic carbocycles. The van der Waals surface area contributed by atoms with Crippen molar-refractivity contribution >= 4 is 0 Å². The van der Waals surface area contributed by atoms with Crippen molar-refractivity contribution in [3.05, 3.63) is 71.8 Å². The van der Waals surface area contributed by atoms with Gasteiger partial charge in [-0.15, -0.1) is 0 Å². The number of aryl methyl sites for hydroxylation is 3. The number of nitrogens with zero attached hydrogens (tertiary/aromatic N) is 7. The highest BCUT2D eigenvalue weighted by Crippen LogP contribution is 2.28. The molecule has 0 spiro atoms. The summed E-state index contributed by atoms with van der Waals surface area (Å²) in [5, 5.41) is 9.17. The van der Waals surface area contributed by atoms with E-state index in [1.807, 2.05) is 29.1 Å². The van der Waals surface area contributed by atoms with Crippen molar-refractivity contribution in [1.82, 2.24) is 39.5 Å². The molecular weight excluding hydrogens is 380 g/mol. The lowest BCUT2D eigenvalue weighted by atomic mass is 9.97. The smallest absolute Gasteiger partial charge is 0.155 e. The number of benzene rings is 1. The van der Waals surface area contributed by atoms with E-state index in [0.29, 0.717) is 6.42 Å². The molecule has 0 fully saturated rings. The quantitative estimate of drug-likeness (QED) is 0.507. The lowest BCUT2D eigenvalue weighted by Crippen LogP contribution is -2.22. The number of H-pyrrole nitrogens is 1. The third kappa shape index (κ3) is 3.70. The second kappa shape index (κ2) is 8.10. The minimum Gasteiger partial charge on any atom is -0.496 e. The molecular formula is C21H24N8O. The zero-order valence-corrected chi connectivity index (χ0v) is 16.9. The summed E-state index contributed by atoms with van der Waals surface area (Å²) in [6.07, 6.45) is 8.47. The van der Waals surface area contributed by atoms with E-state index >= 15 is 0 Å². The van der Waals surface area contributed by atoms with Crippen molar-refractivity contribution in [2.24, 2.45) is 0 Å². The molecule has 3 aromatic heterocycles. The number of para-hydroxylation sites is 1. The molecule has 0 aliphatic carbocycles. The van der Waals surface area contributed by atoms with Crippen molar-refractivity contribution in [3.8, 4) is 5.75 Å². The first-order valence-electron chi connectivity index (χ1n) is 10.2. The number of methoxy groups -OCH3 is 1. The van der Waals surface area contributed by atoms with Crippen LogP contribution in [0.3, 0.4) is 0 Å². The predicted molar refractivity (Wildman–Crippen MR) is 109 cm³/mol. The highest BCUT2D eigenvalue weighted by Gasteiger charge is 2.27. The Bertz CT molecular complexity index is 1110. The van der Waals surface area contributed by atoms with E-state index in [2.05, 4.69) is 30.8 Å². The van der Waals surface area contributed by atoms with Crippen LogP contribution in [0.5, 0.6) is 5.75 Å². The number of aromatic nitrogens is 8. The monoisotopic (exact) mass is 404 g/mol. The minimum atomic E-state index is 0.280. The largest absolute Gasteiger partial charge is 0.496 e. The summed E-state index contributed by atoms with van der Waals surface area (Å²) in [6.45, 7) is 1.61. The fourth-order valence-electron chi connectivity index (χ4n) is 4.07. The Morgan fingerprint density at radius 2 is 2.20 bits per heavy atom. The summed E-state index contributed by atoms with van der Waals surface area (Å²) in [4.78, 5) is 16.7. The summed E-state index contributed by atoms with van der Waals surface area (Å²) in [6, 6.07) is 8.02. The molecule has 5 rings (SSSR count). The van der Waals surface area contributed by atoms with Gasteiger partial charge < -0.3 is 9.72 Å². The summed E-state index contributed by atoms with van der Waals surface area (Å²) < 4.78 is 9.55. The maximum absolute atomic E-state index is 5.51. The van der Waals surface area contributed by atoms with Crippen LogP contribution in [0.2, 0.25) is 0 Å². The van der Waals surface area contributed by atoms with E-state index in [1.165, 1.54) is 0 Å². The normalized spacial score (nSPS) is 15.8. The van der Waals surface area contributed by atoms with Crippen LogP contribution >= 0.6 is 0 Å². The Kier molecular flexibility index (Phi) is 5.00. The zero-order valence-electron chi connectivity index (χ0n) is 16.9. The van der Waals surface area contributed by atoms with E-state index < -0.39 is 0 Å². The number of nitrogens with one attached hydrogen (secondary N) is 1. The lowest BCUT2D eigenvalue weighted by molar-refractivity contribution is 0.404. The number of ether oxygens (including phenoxy) is 1. The van der Waals surface area contributed by atoms with Gasteiger partial charge in [0.05, 0.1) is 13.4 Å². The molecule has 1 aliphatic heterocycles. The molecule has 30 heavy (non-hydrogen) atoms. The first-order valence-corrected chi connectivity index (χ1v) is 10.2. The van der Waals surface area contributed by atoms with Crippen molar-refractivity contribution < 1.29 is 4.74 Å². The average Bonchev–Trinajstić information content (AvgIpc) is 3.52. The van der Waals surface area contributed by atoms with Gasteiger partial charge >= 0.3 is 0 Å². The molecule has 4 heterocycles. The lowest BCUT2D eigenvalue weighted by Gasteiger charge is -2.21. The molecule has 9 nitrogen and oxygen atoms in total. The maximum Gasteiger partial charge on any atom is 0.155 e. The first-order chi connectivity index (χ1) is 14.8. The van der Waals surface area contributed by atoms with Gasteiger partial charge in [-0.05, 0) is 12.5 Å². The van der Waals surface area contributed by atoms with Crippen molar-refractivity contribution in [3.63, 3.8) is 0 Å². The average molecular weight is 404 g/mol. The predicted octanol–water partition coefficient (Wildman–Crippen LogP) is 2.16. The third-order valence-corrected chi connectivity index (χ3v) is 5.61. The number of fused-ring (bicyclic) bond motifs is 1. The Labute approximate surface area is 174 Å². The Balaban J connectivity index is 1.43. The van der Waals surface area contributed by atoms with Crippen LogP contribution in [0.15, 0.2) is 43.1 Å². The van der Waals surface area contributed by atoms with Gasteiger partial charge in [0.25, 0.3) is 0 Å². The first kappa shape index (κ1) is 18.5. The van der Waals surface area contributed by atoms with E-state index in [0.717, 1.165) is 66.8 Å². The van der Waals surface area contributed by atoms with Crippen LogP contribution in [-0.4, -0.2) is 46.6 Å². The van der Waals surface area contributed by atoms with Gasteiger partial charge in [-0.3, -0.25) is 4.68 Å². The Morgan fingerprint density at radius 1 is 1.27 bits per heavy atom. The zero-order chi connectivity index (χ0) is 20.3. The molecule has 0 saturated carbocycles. The van der Waals surface area contributed by atoms with Crippen molar-refractivity contribution in [2.45, 2.75) is 44.7 Å².